The van der Waals surface area contributed by atoms with E-state index in [1.165, 1.54) is 0 Å². The number of aromatic nitrogens is 1. The molecule has 2 rings (SSSR count). The Morgan fingerprint density at radius 2 is 2.31 bits per heavy atom. The molecule has 1 aromatic heterocycles. The number of hydrogen-bond donors (Lipinski definition) is 1. The molecule has 0 aromatic carbocycles. The Labute approximate surface area is 98.9 Å². The van der Waals surface area contributed by atoms with Crippen LogP contribution in [0.15, 0.2) is 12.1 Å². The number of carbonyl (C=O) groups is 1. The largest absolute Gasteiger partial charge is 0.396 e. The normalized spacial score (nSPS) is 16.1. The Morgan fingerprint density at radius 3 is 2.88 bits per heavy atom. The van der Waals surface area contributed by atoms with Gasteiger partial charge in [-0.05, 0) is 19.1 Å². The minimum atomic E-state index is -0.0444. The summed E-state index contributed by atoms with van der Waals surface area (Å²) in [5, 5.41) is 9.21. The van der Waals surface area contributed by atoms with Crippen molar-refractivity contribution in [1.29, 1.82) is 0 Å². The molecule has 1 amide bonds. The maximum atomic E-state index is 12.0. The number of aryl methyl sites for hydroxylation is 1. The van der Waals surface area contributed by atoms with E-state index in [0.717, 1.165) is 5.69 Å². The highest BCUT2D eigenvalue weighted by Crippen LogP contribution is 2.19. The molecule has 0 unspecified atom stereocenters. The van der Waals surface area contributed by atoms with E-state index in [-0.39, 0.29) is 18.4 Å². The predicted molar refractivity (Wildman–Crippen MR) is 60.5 cm³/mol. The molecule has 5 heteroatoms. The van der Waals surface area contributed by atoms with Gasteiger partial charge in [-0.2, -0.15) is 0 Å². The van der Waals surface area contributed by atoms with Crippen molar-refractivity contribution in [2.45, 2.75) is 6.92 Å². The number of amides is 1. The van der Waals surface area contributed by atoms with Gasteiger partial charge in [-0.25, -0.2) is 4.98 Å². The number of carbonyl (C=O) groups excluding carboxylic acids is 1. The van der Waals surface area contributed by atoms with E-state index in [2.05, 4.69) is 4.98 Å². The first-order valence-electron chi connectivity index (χ1n) is 5.14. The fourth-order valence-electron chi connectivity index (χ4n) is 1.79. The topological polar surface area (TPSA) is 53.4 Å². The Kier molecular flexibility index (Phi) is 3.12. The van der Waals surface area contributed by atoms with Gasteiger partial charge in [0.25, 0.3) is 5.91 Å². The highest BCUT2D eigenvalue weighted by Gasteiger charge is 2.30. The van der Waals surface area contributed by atoms with Crippen molar-refractivity contribution in [2.75, 3.05) is 19.7 Å². The summed E-state index contributed by atoms with van der Waals surface area (Å²) in [6, 6.07) is 3.30. The Hall–Kier alpha value is -1.13. The van der Waals surface area contributed by atoms with Gasteiger partial charge in [-0.1, -0.05) is 11.6 Å². The molecular formula is C11H13ClN2O2. The molecule has 1 aliphatic heterocycles. The van der Waals surface area contributed by atoms with Crippen molar-refractivity contribution in [3.63, 3.8) is 0 Å². The van der Waals surface area contributed by atoms with Crippen molar-refractivity contribution in [3.8, 4) is 0 Å². The fourth-order valence-corrected chi connectivity index (χ4v) is 2.04. The first-order chi connectivity index (χ1) is 7.60. The molecule has 4 nitrogen and oxygen atoms in total. The van der Waals surface area contributed by atoms with Crippen LogP contribution in [0.2, 0.25) is 5.15 Å². The van der Waals surface area contributed by atoms with Crippen molar-refractivity contribution < 1.29 is 9.90 Å². The van der Waals surface area contributed by atoms with Gasteiger partial charge >= 0.3 is 0 Å². The van der Waals surface area contributed by atoms with Gasteiger partial charge < -0.3 is 10.0 Å². The summed E-state index contributed by atoms with van der Waals surface area (Å²) in [7, 11) is 0. The predicted octanol–water partition coefficient (Wildman–Crippen LogP) is 1.11. The second-order valence-electron chi connectivity index (χ2n) is 4.08. The number of hydrogen-bond acceptors (Lipinski definition) is 3. The van der Waals surface area contributed by atoms with Crippen LogP contribution in [0.25, 0.3) is 0 Å². The number of halogens is 1. The van der Waals surface area contributed by atoms with E-state index in [1.807, 2.05) is 0 Å². The molecule has 1 aliphatic rings. The van der Waals surface area contributed by atoms with Crippen LogP contribution < -0.4 is 0 Å². The molecule has 0 atom stereocenters. The van der Waals surface area contributed by atoms with Crippen molar-refractivity contribution >= 4 is 17.5 Å². The van der Waals surface area contributed by atoms with E-state index < -0.39 is 0 Å². The average Bonchev–Trinajstić information content (AvgIpc) is 2.14. The van der Waals surface area contributed by atoms with E-state index in [9.17, 15) is 4.79 Å². The molecule has 2 heterocycles. The molecule has 1 saturated heterocycles. The van der Waals surface area contributed by atoms with Gasteiger partial charge in [0.2, 0.25) is 0 Å². The molecular weight excluding hydrogens is 228 g/mol. The van der Waals surface area contributed by atoms with E-state index in [0.29, 0.717) is 23.8 Å². The Balaban J connectivity index is 2.10. The van der Waals surface area contributed by atoms with Crippen LogP contribution >= 0.6 is 11.6 Å². The lowest BCUT2D eigenvalue weighted by Gasteiger charge is -2.38. The van der Waals surface area contributed by atoms with Crippen LogP contribution in [0.5, 0.6) is 0 Å². The summed E-state index contributed by atoms with van der Waals surface area (Å²) in [4.78, 5) is 17.7. The molecule has 0 aliphatic carbocycles. The molecule has 0 bridgehead atoms. The minimum Gasteiger partial charge on any atom is -0.396 e. The number of rotatable bonds is 2. The highest BCUT2D eigenvalue weighted by atomic mass is 35.5. The van der Waals surface area contributed by atoms with Crippen LogP contribution in [0.4, 0.5) is 0 Å². The van der Waals surface area contributed by atoms with E-state index in [4.69, 9.17) is 16.7 Å². The van der Waals surface area contributed by atoms with Crippen LogP contribution in [0.1, 0.15) is 16.1 Å². The van der Waals surface area contributed by atoms with Crippen LogP contribution in [0, 0.1) is 12.8 Å². The van der Waals surface area contributed by atoms with Gasteiger partial charge in [-0.15, -0.1) is 0 Å². The zero-order valence-electron chi connectivity index (χ0n) is 8.98. The molecule has 0 spiro atoms. The second-order valence-corrected chi connectivity index (χ2v) is 4.47. The van der Waals surface area contributed by atoms with Crippen molar-refractivity contribution in [3.05, 3.63) is 28.5 Å². The lowest BCUT2D eigenvalue weighted by atomic mass is 10.00. The number of likely N-dealkylation sites (tertiary alicyclic amines) is 1. The Bertz CT molecular complexity index is 396. The first-order valence-corrected chi connectivity index (χ1v) is 5.52. The second kappa shape index (κ2) is 4.39. The van der Waals surface area contributed by atoms with Crippen molar-refractivity contribution in [1.82, 2.24) is 9.88 Å². The summed E-state index contributed by atoms with van der Waals surface area (Å²) in [5.74, 6) is 0.180. The van der Waals surface area contributed by atoms with Crippen LogP contribution in [-0.2, 0) is 0 Å². The van der Waals surface area contributed by atoms with Crippen LogP contribution in [-0.4, -0.2) is 40.6 Å². The minimum absolute atomic E-state index is 0.0444. The van der Waals surface area contributed by atoms with Gasteiger partial charge in [0.1, 0.15) is 5.15 Å². The molecule has 86 valence electrons. The quantitative estimate of drug-likeness (QED) is 0.788. The summed E-state index contributed by atoms with van der Waals surface area (Å²) < 4.78 is 0. The molecule has 16 heavy (non-hydrogen) atoms. The molecule has 1 fully saturated rings. The molecule has 0 saturated carbocycles. The van der Waals surface area contributed by atoms with Gasteiger partial charge in [0.05, 0.1) is 0 Å². The van der Waals surface area contributed by atoms with Gasteiger partial charge in [0.15, 0.2) is 0 Å². The third kappa shape index (κ3) is 2.18. The summed E-state index contributed by atoms with van der Waals surface area (Å²) in [5.41, 5.74) is 1.30. The average molecular weight is 241 g/mol. The smallest absolute Gasteiger partial charge is 0.254 e. The lowest BCUT2D eigenvalue weighted by molar-refractivity contribution is 0.0362. The number of nitrogens with zero attached hydrogens (tertiary/aromatic N) is 2. The SMILES string of the molecule is Cc1cc(C(=O)N2CC(CO)C2)cc(Cl)n1. The highest BCUT2D eigenvalue weighted by molar-refractivity contribution is 6.29. The van der Waals surface area contributed by atoms with Crippen LogP contribution in [0.3, 0.4) is 0 Å². The summed E-state index contributed by atoms with van der Waals surface area (Å²) in [6.45, 7) is 3.18. The molecule has 1 aromatic rings. The van der Waals surface area contributed by atoms with Gasteiger partial charge in [0, 0.05) is 36.9 Å². The lowest BCUT2D eigenvalue weighted by Crippen LogP contribution is -2.51. The number of aliphatic hydroxyl groups excluding tert-OH is 1. The van der Waals surface area contributed by atoms with Gasteiger partial charge in [-0.3, -0.25) is 4.79 Å². The molecule has 1 N–H and O–H groups in total. The summed E-state index contributed by atoms with van der Waals surface area (Å²) >= 11 is 5.79. The van der Waals surface area contributed by atoms with Crippen molar-refractivity contribution in [2.24, 2.45) is 5.92 Å². The zero-order valence-corrected chi connectivity index (χ0v) is 9.74. The third-order valence-corrected chi connectivity index (χ3v) is 2.87. The zero-order chi connectivity index (χ0) is 11.7. The number of aliphatic hydroxyl groups is 1. The van der Waals surface area contributed by atoms with E-state index in [1.54, 1.807) is 24.0 Å². The Morgan fingerprint density at radius 1 is 1.62 bits per heavy atom. The maximum absolute atomic E-state index is 12.0. The monoisotopic (exact) mass is 240 g/mol. The number of pyridine rings is 1. The standard InChI is InChI=1S/C11H13ClN2O2/c1-7-2-9(3-10(12)13-7)11(16)14-4-8(5-14)6-15/h2-3,8,15H,4-6H2,1H3. The first kappa shape index (κ1) is 11.4. The third-order valence-electron chi connectivity index (χ3n) is 2.67. The summed E-state index contributed by atoms with van der Waals surface area (Å²) in [6.07, 6.45) is 0. The fraction of sp³-hybridized carbons (Fsp3) is 0.455. The van der Waals surface area contributed by atoms with E-state index >= 15 is 0 Å². The molecule has 0 radical (unpaired) electrons. The maximum Gasteiger partial charge on any atom is 0.254 e.